The van der Waals surface area contributed by atoms with Crippen molar-refractivity contribution in [1.82, 2.24) is 4.72 Å². The molecule has 0 aromatic heterocycles. The molecule has 0 amide bonds. The summed E-state index contributed by atoms with van der Waals surface area (Å²) in [6.45, 7) is 0.389. The first-order valence-corrected chi connectivity index (χ1v) is 7.93. The molecule has 0 fully saturated rings. The third kappa shape index (κ3) is 4.33. The lowest BCUT2D eigenvalue weighted by atomic mass is 10.2. The molecule has 0 heterocycles. The Hall–Kier alpha value is -1.91. The molecule has 0 spiro atoms. The zero-order chi connectivity index (χ0) is 14.3. The first-order valence-electron chi connectivity index (χ1n) is 6.45. The Bertz CT molecular complexity index is 649. The van der Waals surface area contributed by atoms with Crippen molar-refractivity contribution in [2.75, 3.05) is 6.54 Å². The van der Waals surface area contributed by atoms with Gasteiger partial charge in [-0.3, -0.25) is 0 Å². The van der Waals surface area contributed by atoms with Crippen molar-refractivity contribution in [2.45, 2.75) is 11.3 Å². The lowest BCUT2D eigenvalue weighted by Gasteiger charge is -2.04. The Labute approximate surface area is 120 Å². The quantitative estimate of drug-likeness (QED) is 0.830. The van der Waals surface area contributed by atoms with Crippen LogP contribution in [0.4, 0.5) is 0 Å². The smallest absolute Gasteiger partial charge is 0.211 e. The van der Waals surface area contributed by atoms with E-state index in [1.54, 1.807) is 30.3 Å². The maximum Gasteiger partial charge on any atom is 0.240 e. The van der Waals surface area contributed by atoms with E-state index in [4.69, 9.17) is 0 Å². The molecule has 0 aliphatic rings. The van der Waals surface area contributed by atoms with Gasteiger partial charge < -0.3 is 0 Å². The van der Waals surface area contributed by atoms with E-state index < -0.39 is 10.0 Å². The summed E-state index contributed by atoms with van der Waals surface area (Å²) < 4.78 is 26.4. The van der Waals surface area contributed by atoms with Crippen LogP contribution in [0.25, 0.3) is 6.08 Å². The van der Waals surface area contributed by atoms with Crippen molar-refractivity contribution in [3.05, 3.63) is 72.3 Å². The summed E-state index contributed by atoms with van der Waals surface area (Å²) in [5.41, 5.74) is 1.11. The van der Waals surface area contributed by atoms with Crippen LogP contribution in [0.2, 0.25) is 0 Å². The normalized spacial score (nSPS) is 11.8. The molecule has 0 saturated carbocycles. The summed E-state index contributed by atoms with van der Waals surface area (Å²) in [5.74, 6) is 0. The number of nitrogens with one attached hydrogen (secondary N) is 1. The van der Waals surface area contributed by atoms with Gasteiger partial charge in [-0.25, -0.2) is 13.1 Å². The van der Waals surface area contributed by atoms with Crippen LogP contribution >= 0.6 is 0 Å². The van der Waals surface area contributed by atoms with E-state index in [1.807, 2.05) is 42.5 Å². The molecule has 0 radical (unpaired) electrons. The van der Waals surface area contributed by atoms with Crippen LogP contribution < -0.4 is 4.72 Å². The minimum absolute atomic E-state index is 0.298. The first kappa shape index (κ1) is 14.5. The van der Waals surface area contributed by atoms with Crippen molar-refractivity contribution >= 4 is 16.1 Å². The van der Waals surface area contributed by atoms with E-state index in [0.717, 1.165) is 5.56 Å². The van der Waals surface area contributed by atoms with E-state index in [9.17, 15) is 8.42 Å². The molecule has 1 N–H and O–H groups in total. The predicted octanol–water partition coefficient (Wildman–Crippen LogP) is 3.07. The minimum Gasteiger partial charge on any atom is -0.211 e. The van der Waals surface area contributed by atoms with Crippen LogP contribution in [0.5, 0.6) is 0 Å². The van der Waals surface area contributed by atoms with Crippen molar-refractivity contribution in [1.29, 1.82) is 0 Å². The van der Waals surface area contributed by atoms with Crippen LogP contribution in [-0.4, -0.2) is 15.0 Å². The lowest BCUT2D eigenvalue weighted by Crippen LogP contribution is -2.24. The fraction of sp³-hybridized carbons (Fsp3) is 0.125. The molecule has 2 rings (SSSR count). The highest BCUT2D eigenvalue weighted by atomic mass is 32.2. The minimum atomic E-state index is -3.39. The molecule has 2 aromatic rings. The SMILES string of the molecule is O=S(=O)(NCC/C=C/c1ccccc1)c1ccccc1. The Morgan fingerprint density at radius 2 is 1.50 bits per heavy atom. The summed E-state index contributed by atoms with van der Waals surface area (Å²) in [5, 5.41) is 0. The topological polar surface area (TPSA) is 46.2 Å². The van der Waals surface area contributed by atoms with Crippen LogP contribution in [-0.2, 0) is 10.0 Å². The number of hydrogen-bond donors (Lipinski definition) is 1. The molecular weight excluding hydrogens is 270 g/mol. The predicted molar refractivity (Wildman–Crippen MR) is 81.7 cm³/mol. The van der Waals surface area contributed by atoms with Crippen LogP contribution in [0.15, 0.2) is 71.6 Å². The summed E-state index contributed by atoms with van der Waals surface area (Å²) in [7, 11) is -3.39. The number of sulfonamides is 1. The standard InChI is InChI=1S/C16H17NO2S/c18-20(19,16-12-5-2-6-13-16)17-14-8-7-11-15-9-3-1-4-10-15/h1-7,9-13,17H,8,14H2/b11-7+. The van der Waals surface area contributed by atoms with Crippen molar-refractivity contribution in [3.63, 3.8) is 0 Å². The maximum absolute atomic E-state index is 11.9. The summed E-state index contributed by atoms with van der Waals surface area (Å²) in [4.78, 5) is 0.298. The number of hydrogen-bond acceptors (Lipinski definition) is 2. The molecule has 0 bridgehead atoms. The van der Waals surface area contributed by atoms with Crippen molar-refractivity contribution in [3.8, 4) is 0 Å². The highest BCUT2D eigenvalue weighted by molar-refractivity contribution is 7.89. The Morgan fingerprint density at radius 1 is 0.900 bits per heavy atom. The van der Waals surface area contributed by atoms with E-state index in [2.05, 4.69) is 4.72 Å². The van der Waals surface area contributed by atoms with E-state index in [-0.39, 0.29) is 0 Å². The van der Waals surface area contributed by atoms with Gasteiger partial charge in [-0.2, -0.15) is 0 Å². The van der Waals surface area contributed by atoms with Crippen LogP contribution in [0.3, 0.4) is 0 Å². The molecule has 0 aliphatic carbocycles. The fourth-order valence-electron chi connectivity index (χ4n) is 1.74. The van der Waals surface area contributed by atoms with Crippen molar-refractivity contribution < 1.29 is 8.42 Å². The van der Waals surface area contributed by atoms with Crippen molar-refractivity contribution in [2.24, 2.45) is 0 Å². The Balaban J connectivity index is 1.83. The van der Waals surface area contributed by atoms with Gasteiger partial charge in [0, 0.05) is 6.54 Å². The van der Waals surface area contributed by atoms with E-state index in [1.165, 1.54) is 0 Å². The first-order chi connectivity index (χ1) is 9.68. The molecule has 2 aromatic carbocycles. The second-order valence-electron chi connectivity index (χ2n) is 4.31. The van der Waals surface area contributed by atoms with Gasteiger partial charge in [0.25, 0.3) is 0 Å². The molecule has 0 saturated heterocycles. The molecule has 20 heavy (non-hydrogen) atoms. The molecule has 0 unspecified atom stereocenters. The summed E-state index contributed by atoms with van der Waals surface area (Å²) in [6, 6.07) is 18.3. The Morgan fingerprint density at radius 3 is 2.15 bits per heavy atom. The zero-order valence-corrected chi connectivity index (χ0v) is 11.9. The van der Waals surface area contributed by atoms with Gasteiger partial charge in [0.15, 0.2) is 0 Å². The van der Waals surface area contributed by atoms with Gasteiger partial charge in [-0.1, -0.05) is 60.7 Å². The maximum atomic E-state index is 11.9. The second-order valence-corrected chi connectivity index (χ2v) is 6.08. The van der Waals surface area contributed by atoms with Gasteiger partial charge in [-0.15, -0.1) is 0 Å². The number of benzene rings is 2. The Kier molecular flexibility index (Phi) is 5.09. The molecular formula is C16H17NO2S. The summed E-state index contributed by atoms with van der Waals surface area (Å²) in [6.07, 6.45) is 4.60. The van der Waals surface area contributed by atoms with Gasteiger partial charge >= 0.3 is 0 Å². The second kappa shape index (κ2) is 7.03. The highest BCUT2D eigenvalue weighted by Crippen LogP contribution is 2.07. The molecule has 0 atom stereocenters. The van der Waals surface area contributed by atoms with Gasteiger partial charge in [0.05, 0.1) is 4.90 Å². The third-order valence-corrected chi connectivity index (χ3v) is 4.24. The average molecular weight is 287 g/mol. The molecule has 3 nitrogen and oxygen atoms in total. The molecule has 0 aliphatic heterocycles. The summed E-state index contributed by atoms with van der Waals surface area (Å²) >= 11 is 0. The monoisotopic (exact) mass is 287 g/mol. The van der Waals surface area contributed by atoms with Crippen LogP contribution in [0.1, 0.15) is 12.0 Å². The third-order valence-electron chi connectivity index (χ3n) is 2.77. The lowest BCUT2D eigenvalue weighted by molar-refractivity contribution is 0.582. The van der Waals surface area contributed by atoms with E-state index >= 15 is 0 Å². The molecule has 104 valence electrons. The van der Waals surface area contributed by atoms with Crippen LogP contribution in [0, 0.1) is 0 Å². The largest absolute Gasteiger partial charge is 0.240 e. The molecule has 4 heteroatoms. The van der Waals surface area contributed by atoms with Gasteiger partial charge in [-0.05, 0) is 24.1 Å². The number of rotatable bonds is 6. The average Bonchev–Trinajstić information content (AvgIpc) is 2.49. The van der Waals surface area contributed by atoms with E-state index in [0.29, 0.717) is 17.9 Å². The highest BCUT2D eigenvalue weighted by Gasteiger charge is 2.11. The van der Waals surface area contributed by atoms with Gasteiger partial charge in [0.2, 0.25) is 10.0 Å². The fourth-order valence-corrected chi connectivity index (χ4v) is 2.81. The van der Waals surface area contributed by atoms with Gasteiger partial charge in [0.1, 0.15) is 0 Å². The zero-order valence-electron chi connectivity index (χ0n) is 11.1.